The van der Waals surface area contributed by atoms with E-state index in [0.717, 1.165) is 5.56 Å². The maximum Gasteiger partial charge on any atom is 0.233 e. The molecule has 2 aromatic carbocycles. The fourth-order valence-electron chi connectivity index (χ4n) is 2.07. The van der Waals surface area contributed by atoms with E-state index in [4.69, 9.17) is 21.1 Å². The number of methoxy groups -OCH3 is 2. The standard InChI is InChI=1S/C16H18ClNO4S/c1-21-15-7-6-12(10-16(15)22-2)8-9-23(19,20)18-14-5-3-4-13(17)11-14/h3-7,10-11,18H,8-9H2,1-2H3. The molecule has 0 aromatic heterocycles. The monoisotopic (exact) mass is 355 g/mol. The summed E-state index contributed by atoms with van der Waals surface area (Å²) in [6.07, 6.45) is 0.357. The first-order valence-electron chi connectivity index (χ1n) is 6.90. The normalized spacial score (nSPS) is 11.1. The van der Waals surface area contributed by atoms with Gasteiger partial charge in [0.05, 0.1) is 20.0 Å². The van der Waals surface area contributed by atoms with Gasteiger partial charge in [-0.05, 0) is 42.3 Å². The average Bonchev–Trinajstić information content (AvgIpc) is 2.52. The molecule has 0 spiro atoms. The van der Waals surface area contributed by atoms with Crippen molar-refractivity contribution in [2.24, 2.45) is 0 Å². The van der Waals surface area contributed by atoms with Gasteiger partial charge in [-0.3, -0.25) is 4.72 Å². The van der Waals surface area contributed by atoms with Gasteiger partial charge < -0.3 is 9.47 Å². The smallest absolute Gasteiger partial charge is 0.233 e. The zero-order valence-corrected chi connectivity index (χ0v) is 14.4. The van der Waals surface area contributed by atoms with Gasteiger partial charge in [-0.1, -0.05) is 23.7 Å². The third-order valence-corrected chi connectivity index (χ3v) is 4.73. The highest BCUT2D eigenvalue weighted by Gasteiger charge is 2.12. The molecular weight excluding hydrogens is 338 g/mol. The van der Waals surface area contributed by atoms with E-state index in [2.05, 4.69) is 4.72 Å². The number of nitrogens with one attached hydrogen (secondary N) is 1. The number of hydrogen-bond acceptors (Lipinski definition) is 4. The summed E-state index contributed by atoms with van der Waals surface area (Å²) >= 11 is 5.85. The first kappa shape index (κ1) is 17.4. The lowest BCUT2D eigenvalue weighted by Gasteiger charge is -2.11. The van der Waals surface area contributed by atoms with E-state index in [1.54, 1.807) is 50.6 Å². The average molecular weight is 356 g/mol. The second-order valence-electron chi connectivity index (χ2n) is 4.87. The highest BCUT2D eigenvalue weighted by molar-refractivity contribution is 7.92. The summed E-state index contributed by atoms with van der Waals surface area (Å²) in [6.45, 7) is 0. The SMILES string of the molecule is COc1ccc(CCS(=O)(=O)Nc2cccc(Cl)c2)cc1OC. The Labute approximate surface area is 141 Å². The fraction of sp³-hybridized carbons (Fsp3) is 0.250. The van der Waals surface area contributed by atoms with E-state index in [1.165, 1.54) is 0 Å². The molecule has 0 unspecified atom stereocenters. The summed E-state index contributed by atoms with van der Waals surface area (Å²) in [5.41, 5.74) is 1.30. The molecule has 0 bridgehead atoms. The first-order valence-corrected chi connectivity index (χ1v) is 8.93. The van der Waals surface area contributed by atoms with Gasteiger partial charge in [0.2, 0.25) is 10.0 Å². The van der Waals surface area contributed by atoms with E-state index in [1.807, 2.05) is 6.07 Å². The molecule has 0 radical (unpaired) electrons. The van der Waals surface area contributed by atoms with Crippen LogP contribution in [0.4, 0.5) is 5.69 Å². The van der Waals surface area contributed by atoms with Crippen LogP contribution in [0.5, 0.6) is 11.5 Å². The van der Waals surface area contributed by atoms with Crippen LogP contribution in [0.2, 0.25) is 5.02 Å². The Kier molecular flexibility index (Phi) is 5.74. The molecule has 2 aromatic rings. The molecule has 0 fully saturated rings. The minimum atomic E-state index is -3.47. The van der Waals surface area contributed by atoms with Crippen LogP contribution in [0.1, 0.15) is 5.56 Å². The van der Waals surface area contributed by atoms with Crippen LogP contribution in [0.25, 0.3) is 0 Å². The topological polar surface area (TPSA) is 64.6 Å². The molecule has 7 heteroatoms. The van der Waals surface area contributed by atoms with Gasteiger partial charge in [0.25, 0.3) is 0 Å². The lowest BCUT2D eigenvalue weighted by atomic mass is 10.1. The number of hydrogen-bond donors (Lipinski definition) is 1. The number of aryl methyl sites for hydroxylation is 1. The molecule has 0 aliphatic carbocycles. The second-order valence-corrected chi connectivity index (χ2v) is 7.15. The molecule has 2 rings (SSSR count). The number of sulfonamides is 1. The number of anilines is 1. The van der Waals surface area contributed by atoms with Crippen molar-refractivity contribution >= 4 is 27.3 Å². The van der Waals surface area contributed by atoms with Crippen LogP contribution >= 0.6 is 11.6 Å². The van der Waals surface area contributed by atoms with Gasteiger partial charge in [0, 0.05) is 10.7 Å². The van der Waals surface area contributed by atoms with E-state index in [0.29, 0.717) is 28.6 Å². The predicted octanol–water partition coefficient (Wildman–Crippen LogP) is 3.34. The van der Waals surface area contributed by atoms with Crippen molar-refractivity contribution in [1.29, 1.82) is 0 Å². The van der Waals surface area contributed by atoms with E-state index >= 15 is 0 Å². The molecule has 0 saturated heterocycles. The Morgan fingerprint density at radius 2 is 1.78 bits per heavy atom. The van der Waals surface area contributed by atoms with Crippen LogP contribution in [-0.4, -0.2) is 28.4 Å². The van der Waals surface area contributed by atoms with Gasteiger partial charge >= 0.3 is 0 Å². The Morgan fingerprint density at radius 3 is 2.43 bits per heavy atom. The van der Waals surface area contributed by atoms with Crippen LogP contribution < -0.4 is 14.2 Å². The molecule has 1 N–H and O–H groups in total. The summed E-state index contributed by atoms with van der Waals surface area (Å²) in [4.78, 5) is 0. The first-order chi connectivity index (χ1) is 10.9. The zero-order chi connectivity index (χ0) is 16.9. The van der Waals surface area contributed by atoms with Crippen molar-refractivity contribution in [2.75, 3.05) is 24.7 Å². The molecule has 124 valence electrons. The highest BCUT2D eigenvalue weighted by Crippen LogP contribution is 2.27. The maximum absolute atomic E-state index is 12.2. The van der Waals surface area contributed by atoms with Gasteiger partial charge in [0.15, 0.2) is 11.5 Å². The largest absolute Gasteiger partial charge is 0.493 e. The Bertz CT molecular complexity index is 777. The second kappa shape index (κ2) is 7.57. The number of benzene rings is 2. The minimum Gasteiger partial charge on any atom is -0.493 e. The van der Waals surface area contributed by atoms with Crippen LogP contribution in [0.15, 0.2) is 42.5 Å². The van der Waals surface area contributed by atoms with Crippen LogP contribution in [0.3, 0.4) is 0 Å². The predicted molar refractivity (Wildman–Crippen MR) is 92.1 cm³/mol. The lowest BCUT2D eigenvalue weighted by molar-refractivity contribution is 0.354. The molecule has 0 aliphatic rings. The summed E-state index contributed by atoms with van der Waals surface area (Å²) in [7, 11) is -0.372. The zero-order valence-electron chi connectivity index (χ0n) is 12.9. The molecule has 0 heterocycles. The molecule has 0 amide bonds. The maximum atomic E-state index is 12.2. The summed E-state index contributed by atoms with van der Waals surface area (Å²) in [6, 6.07) is 11.9. The van der Waals surface area contributed by atoms with Gasteiger partial charge in [0.1, 0.15) is 0 Å². The van der Waals surface area contributed by atoms with Crippen molar-refractivity contribution in [3.63, 3.8) is 0 Å². The van der Waals surface area contributed by atoms with Gasteiger partial charge in [-0.25, -0.2) is 8.42 Å². The summed E-state index contributed by atoms with van der Waals surface area (Å²) in [5.74, 6) is 1.14. The van der Waals surface area contributed by atoms with Crippen molar-refractivity contribution in [3.05, 3.63) is 53.1 Å². The van der Waals surface area contributed by atoms with E-state index in [-0.39, 0.29) is 5.75 Å². The molecule has 0 saturated carbocycles. The fourth-order valence-corrected chi connectivity index (χ4v) is 3.35. The Hall–Kier alpha value is -1.92. The van der Waals surface area contributed by atoms with Gasteiger partial charge in [-0.15, -0.1) is 0 Å². The Balaban J connectivity index is 2.04. The Morgan fingerprint density at radius 1 is 1.04 bits per heavy atom. The quantitative estimate of drug-likeness (QED) is 0.827. The summed E-state index contributed by atoms with van der Waals surface area (Å²) in [5, 5.41) is 0.477. The van der Waals surface area contributed by atoms with Crippen molar-refractivity contribution < 1.29 is 17.9 Å². The van der Waals surface area contributed by atoms with Crippen LogP contribution in [-0.2, 0) is 16.4 Å². The molecule has 0 aliphatic heterocycles. The number of halogens is 1. The minimum absolute atomic E-state index is 0.0466. The van der Waals surface area contributed by atoms with Crippen molar-refractivity contribution in [1.82, 2.24) is 0 Å². The number of ether oxygens (including phenoxy) is 2. The molecule has 23 heavy (non-hydrogen) atoms. The van der Waals surface area contributed by atoms with Gasteiger partial charge in [-0.2, -0.15) is 0 Å². The van der Waals surface area contributed by atoms with Crippen molar-refractivity contribution in [2.45, 2.75) is 6.42 Å². The van der Waals surface area contributed by atoms with E-state index in [9.17, 15) is 8.42 Å². The molecule has 0 atom stereocenters. The molecular formula is C16H18ClNO4S. The van der Waals surface area contributed by atoms with E-state index < -0.39 is 10.0 Å². The van der Waals surface area contributed by atoms with Crippen LogP contribution in [0, 0.1) is 0 Å². The van der Waals surface area contributed by atoms with Crippen molar-refractivity contribution in [3.8, 4) is 11.5 Å². The summed E-state index contributed by atoms with van der Waals surface area (Å²) < 4.78 is 37.2. The highest BCUT2D eigenvalue weighted by atomic mass is 35.5. The lowest BCUT2D eigenvalue weighted by Crippen LogP contribution is -2.18. The third kappa shape index (κ3) is 5.04. The number of rotatable bonds is 7. The molecule has 5 nitrogen and oxygen atoms in total. The third-order valence-electron chi connectivity index (χ3n) is 3.21.